The number of nitrogens with two attached hydrogens (primary N) is 1. The third-order valence-corrected chi connectivity index (χ3v) is 5.34. The van der Waals surface area contributed by atoms with Gasteiger partial charge in [-0.05, 0) is 36.8 Å². The van der Waals surface area contributed by atoms with Gasteiger partial charge in [0.25, 0.3) is 5.91 Å². The van der Waals surface area contributed by atoms with Gasteiger partial charge >= 0.3 is 0 Å². The molecule has 2 heterocycles. The molecule has 8 heteroatoms. The lowest BCUT2D eigenvalue weighted by Gasteiger charge is -2.33. The quantitative estimate of drug-likeness (QED) is 0.862. The van der Waals surface area contributed by atoms with Crippen molar-refractivity contribution in [3.8, 4) is 0 Å². The normalized spacial score (nSPS) is 20.4. The Morgan fingerprint density at radius 1 is 1.40 bits per heavy atom. The molecule has 0 radical (unpaired) electrons. The second kappa shape index (κ2) is 6.50. The van der Waals surface area contributed by atoms with Crippen LogP contribution >= 0.6 is 22.9 Å². The number of halogens is 1. The fourth-order valence-corrected chi connectivity index (χ4v) is 3.57. The summed E-state index contributed by atoms with van der Waals surface area (Å²) in [6, 6.07) is 10.6. The lowest BCUT2D eigenvalue weighted by atomic mass is 9.87. The second-order valence-corrected chi connectivity index (χ2v) is 7.73. The summed E-state index contributed by atoms with van der Waals surface area (Å²) in [5, 5.41) is 2.84. The molecule has 1 unspecified atom stereocenters. The summed E-state index contributed by atoms with van der Waals surface area (Å²) in [5.41, 5.74) is 6.51. The van der Waals surface area contributed by atoms with Crippen molar-refractivity contribution in [1.82, 2.24) is 4.90 Å². The number of carbonyl (C=O) groups excluding carboxylic acids is 2. The minimum atomic E-state index is -0.763. The molecule has 25 heavy (non-hydrogen) atoms. The zero-order chi connectivity index (χ0) is 18.2. The van der Waals surface area contributed by atoms with E-state index >= 15 is 0 Å². The molecule has 0 spiro atoms. The van der Waals surface area contributed by atoms with Gasteiger partial charge in [0.2, 0.25) is 5.91 Å². The number of guanidine groups is 1. The number of aliphatic imine (C=N–C) groups is 1. The molecule has 0 saturated heterocycles. The maximum Gasteiger partial charge on any atom is 0.265 e. The molecule has 0 saturated carbocycles. The fraction of sp³-hybridized carbons (Fsp3) is 0.235. The van der Waals surface area contributed by atoms with Crippen LogP contribution < -0.4 is 11.1 Å². The van der Waals surface area contributed by atoms with Crippen LogP contribution in [0.5, 0.6) is 0 Å². The Morgan fingerprint density at radius 3 is 2.80 bits per heavy atom. The molecule has 1 aliphatic heterocycles. The molecular formula is C17H17ClN4O2S. The first-order valence-corrected chi connectivity index (χ1v) is 8.77. The highest BCUT2D eigenvalue weighted by molar-refractivity contribution is 7.18. The molecule has 2 amide bonds. The van der Waals surface area contributed by atoms with Gasteiger partial charge in [0.15, 0.2) is 5.96 Å². The molecule has 130 valence electrons. The maximum absolute atomic E-state index is 12.3. The minimum absolute atomic E-state index is 0.0994. The minimum Gasteiger partial charge on any atom is -0.369 e. The van der Waals surface area contributed by atoms with Gasteiger partial charge in [-0.3, -0.25) is 14.5 Å². The molecule has 0 aliphatic carbocycles. The Kier molecular flexibility index (Phi) is 4.53. The van der Waals surface area contributed by atoms with Crippen LogP contribution in [0.25, 0.3) is 0 Å². The average Bonchev–Trinajstić information content (AvgIpc) is 2.99. The van der Waals surface area contributed by atoms with E-state index in [1.54, 1.807) is 25.2 Å². The summed E-state index contributed by atoms with van der Waals surface area (Å²) in [6.07, 6.45) is 0.210. The Labute approximate surface area is 154 Å². The number of hydrogen-bond donors (Lipinski definition) is 2. The smallest absolute Gasteiger partial charge is 0.265 e. The highest BCUT2D eigenvalue weighted by Gasteiger charge is 2.36. The van der Waals surface area contributed by atoms with Gasteiger partial charge < -0.3 is 11.1 Å². The molecule has 1 aliphatic rings. The highest BCUT2D eigenvalue weighted by atomic mass is 35.5. The van der Waals surface area contributed by atoms with Crippen molar-refractivity contribution >= 4 is 46.4 Å². The number of nitrogens with zero attached hydrogens (tertiary/aromatic N) is 2. The first-order valence-electron chi connectivity index (χ1n) is 7.57. The third-order valence-electron chi connectivity index (χ3n) is 4.11. The molecular weight excluding hydrogens is 360 g/mol. The largest absolute Gasteiger partial charge is 0.369 e. The predicted octanol–water partition coefficient (Wildman–Crippen LogP) is 3.05. The highest BCUT2D eigenvalue weighted by Crippen LogP contribution is 2.34. The van der Waals surface area contributed by atoms with Crippen LogP contribution in [0.1, 0.15) is 28.6 Å². The molecule has 3 N–H and O–H groups in total. The number of hydrogen-bond acceptors (Lipinski definition) is 5. The zero-order valence-electron chi connectivity index (χ0n) is 13.7. The molecule has 2 aromatic rings. The van der Waals surface area contributed by atoms with Gasteiger partial charge in [0, 0.05) is 12.7 Å². The van der Waals surface area contributed by atoms with Gasteiger partial charge in [0.1, 0.15) is 0 Å². The second-order valence-electron chi connectivity index (χ2n) is 6.01. The molecule has 1 aromatic carbocycles. The Balaban J connectivity index is 1.87. The third kappa shape index (κ3) is 3.52. The summed E-state index contributed by atoms with van der Waals surface area (Å²) < 4.78 is 0.557. The average molecular weight is 377 g/mol. The van der Waals surface area contributed by atoms with E-state index < -0.39 is 5.54 Å². The number of rotatable bonds is 3. The van der Waals surface area contributed by atoms with Crippen molar-refractivity contribution in [1.29, 1.82) is 0 Å². The van der Waals surface area contributed by atoms with Gasteiger partial charge in [-0.25, -0.2) is 4.99 Å². The van der Waals surface area contributed by atoms with E-state index in [0.29, 0.717) is 14.9 Å². The maximum atomic E-state index is 12.3. The number of benzene rings is 1. The van der Waals surface area contributed by atoms with Crippen molar-refractivity contribution in [2.75, 3.05) is 12.4 Å². The van der Waals surface area contributed by atoms with Crippen LogP contribution in [0, 0.1) is 0 Å². The van der Waals surface area contributed by atoms with Gasteiger partial charge in [-0.15, -0.1) is 11.3 Å². The van der Waals surface area contributed by atoms with Crippen molar-refractivity contribution in [2.45, 2.75) is 18.9 Å². The number of carbonyl (C=O) groups is 2. The number of anilines is 1. The summed E-state index contributed by atoms with van der Waals surface area (Å²) in [5.74, 6) is -0.152. The van der Waals surface area contributed by atoms with Crippen LogP contribution in [-0.4, -0.2) is 29.7 Å². The molecule has 1 aromatic heterocycles. The molecule has 0 bridgehead atoms. The predicted molar refractivity (Wildman–Crippen MR) is 100 cm³/mol. The number of nitrogens with one attached hydrogen (secondary N) is 1. The fourth-order valence-electron chi connectivity index (χ4n) is 2.64. The van der Waals surface area contributed by atoms with E-state index in [-0.39, 0.29) is 24.2 Å². The van der Waals surface area contributed by atoms with Gasteiger partial charge in [-0.2, -0.15) is 0 Å². The van der Waals surface area contributed by atoms with E-state index in [1.807, 2.05) is 25.1 Å². The van der Waals surface area contributed by atoms with Crippen LogP contribution in [0.2, 0.25) is 4.34 Å². The number of amides is 2. The van der Waals surface area contributed by atoms with E-state index in [4.69, 9.17) is 17.3 Å². The molecule has 0 fully saturated rings. The monoisotopic (exact) mass is 376 g/mol. The lowest BCUT2D eigenvalue weighted by Crippen LogP contribution is -2.47. The molecule has 3 rings (SSSR count). The molecule has 1 atom stereocenters. The van der Waals surface area contributed by atoms with Crippen molar-refractivity contribution in [3.63, 3.8) is 0 Å². The van der Waals surface area contributed by atoms with Crippen molar-refractivity contribution in [2.24, 2.45) is 10.7 Å². The Hall–Kier alpha value is -2.38. The first kappa shape index (κ1) is 17.4. The Bertz CT molecular complexity index is 879. The Morgan fingerprint density at radius 2 is 2.16 bits per heavy atom. The summed E-state index contributed by atoms with van der Waals surface area (Å²) in [6.45, 7) is 1.85. The first-order chi connectivity index (χ1) is 11.8. The van der Waals surface area contributed by atoms with E-state index in [2.05, 4.69) is 10.3 Å². The van der Waals surface area contributed by atoms with Crippen LogP contribution in [0.4, 0.5) is 5.69 Å². The van der Waals surface area contributed by atoms with Crippen LogP contribution in [-0.2, 0) is 10.3 Å². The van der Waals surface area contributed by atoms with Crippen LogP contribution in [0.15, 0.2) is 41.4 Å². The zero-order valence-corrected chi connectivity index (χ0v) is 15.3. The SMILES string of the molecule is CN1C(=O)CC(C)(c2cccc(NC(=O)c3ccc(Cl)s3)c2)N=C1N. The van der Waals surface area contributed by atoms with Crippen LogP contribution in [0.3, 0.4) is 0 Å². The van der Waals surface area contributed by atoms with Crippen molar-refractivity contribution in [3.05, 3.63) is 51.2 Å². The lowest BCUT2D eigenvalue weighted by molar-refractivity contribution is -0.128. The number of thiophene rings is 1. The summed E-state index contributed by atoms with van der Waals surface area (Å²) >= 11 is 7.08. The topological polar surface area (TPSA) is 87.8 Å². The van der Waals surface area contributed by atoms with E-state index in [9.17, 15) is 9.59 Å². The van der Waals surface area contributed by atoms with E-state index in [0.717, 1.165) is 5.56 Å². The summed E-state index contributed by atoms with van der Waals surface area (Å²) in [7, 11) is 1.60. The van der Waals surface area contributed by atoms with E-state index in [1.165, 1.54) is 16.2 Å². The van der Waals surface area contributed by atoms with Crippen molar-refractivity contribution < 1.29 is 9.59 Å². The van der Waals surface area contributed by atoms with Gasteiger partial charge in [-0.1, -0.05) is 23.7 Å². The standard InChI is InChI=1S/C17H17ClN4O2S/c1-17(9-14(23)22(2)16(19)21-17)10-4-3-5-11(8-10)20-15(24)12-6-7-13(18)25-12/h3-8H,9H2,1-2H3,(H2,19,21)(H,20,24). The van der Waals surface area contributed by atoms with Gasteiger partial charge in [0.05, 0.1) is 21.2 Å². The molecule has 6 nitrogen and oxygen atoms in total. The summed E-state index contributed by atoms with van der Waals surface area (Å²) in [4.78, 5) is 30.7.